The molecule has 6 nitrogen and oxygen atoms in total. The Labute approximate surface area is 228 Å². The number of hydrogen-bond acceptors (Lipinski definition) is 5. The molecule has 0 radical (unpaired) electrons. The molecule has 1 unspecified atom stereocenters. The fraction of sp³-hybridized carbons (Fsp3) is 0.812. The summed E-state index contributed by atoms with van der Waals surface area (Å²) in [7, 11) is 0. The van der Waals surface area contributed by atoms with E-state index in [2.05, 4.69) is 47.6 Å². The van der Waals surface area contributed by atoms with Crippen LogP contribution in [-0.4, -0.2) is 45.6 Å². The van der Waals surface area contributed by atoms with Crippen molar-refractivity contribution in [3.63, 3.8) is 0 Å². The molecule has 4 aliphatic rings. The smallest absolute Gasteiger partial charge is 0.310 e. The summed E-state index contributed by atoms with van der Waals surface area (Å²) in [5, 5.41) is 33.5. The topological polar surface area (TPSA) is 104 Å². The minimum Gasteiger partial charge on any atom is -0.481 e. The van der Waals surface area contributed by atoms with Crippen LogP contribution in [0, 0.1) is 39.4 Å². The van der Waals surface area contributed by atoms with Gasteiger partial charge < -0.3 is 20.1 Å². The summed E-state index contributed by atoms with van der Waals surface area (Å²) < 4.78 is 5.99. The molecule has 0 aliphatic heterocycles. The molecular formula is C32H50O6. The van der Waals surface area contributed by atoms with E-state index < -0.39 is 29.0 Å². The van der Waals surface area contributed by atoms with E-state index in [1.807, 2.05) is 6.92 Å². The number of esters is 1. The predicted molar refractivity (Wildman–Crippen MR) is 147 cm³/mol. The Balaban J connectivity index is 1.83. The van der Waals surface area contributed by atoms with Crippen molar-refractivity contribution in [1.29, 1.82) is 0 Å². The summed E-state index contributed by atoms with van der Waals surface area (Å²) in [5.74, 6) is -1.66. The van der Waals surface area contributed by atoms with E-state index in [-0.39, 0.29) is 40.7 Å². The van der Waals surface area contributed by atoms with Crippen LogP contribution in [0.4, 0.5) is 0 Å². The van der Waals surface area contributed by atoms with Gasteiger partial charge in [0.15, 0.2) is 0 Å². The Morgan fingerprint density at radius 3 is 2.21 bits per heavy atom. The number of aliphatic hydroxyl groups is 2. The lowest BCUT2D eigenvalue weighted by Crippen LogP contribution is -2.71. The highest BCUT2D eigenvalue weighted by molar-refractivity contribution is 5.77. The summed E-state index contributed by atoms with van der Waals surface area (Å²) >= 11 is 0. The summed E-state index contributed by atoms with van der Waals surface area (Å²) in [6.45, 7) is 16.4. The number of carbonyl (C=O) groups excluding carboxylic acids is 1. The van der Waals surface area contributed by atoms with E-state index in [1.165, 1.54) is 23.6 Å². The molecular weight excluding hydrogens is 480 g/mol. The van der Waals surface area contributed by atoms with E-state index >= 15 is 0 Å². The van der Waals surface area contributed by atoms with Gasteiger partial charge in [0.05, 0.1) is 17.6 Å². The van der Waals surface area contributed by atoms with E-state index in [0.29, 0.717) is 38.5 Å². The quantitative estimate of drug-likeness (QED) is 0.295. The maximum absolute atomic E-state index is 13.1. The van der Waals surface area contributed by atoms with Crippen molar-refractivity contribution >= 4 is 11.9 Å². The van der Waals surface area contributed by atoms with Crippen LogP contribution in [0.3, 0.4) is 0 Å². The van der Waals surface area contributed by atoms with Gasteiger partial charge in [-0.1, -0.05) is 44.9 Å². The normalized spacial score (nSPS) is 47.3. The second-order valence-corrected chi connectivity index (χ2v) is 14.1. The third-order valence-electron chi connectivity index (χ3n) is 12.3. The van der Waals surface area contributed by atoms with Crippen molar-refractivity contribution in [2.45, 2.75) is 125 Å². The molecule has 0 heterocycles. The van der Waals surface area contributed by atoms with E-state index in [9.17, 15) is 24.9 Å². The first-order valence-corrected chi connectivity index (χ1v) is 14.7. The molecule has 4 saturated carbocycles. The minimum absolute atomic E-state index is 0.0716. The molecule has 0 aromatic carbocycles. The molecule has 0 saturated heterocycles. The Kier molecular flexibility index (Phi) is 7.53. The van der Waals surface area contributed by atoms with Crippen LogP contribution >= 0.6 is 0 Å². The Morgan fingerprint density at radius 2 is 1.63 bits per heavy atom. The highest BCUT2D eigenvalue weighted by atomic mass is 16.5. The van der Waals surface area contributed by atoms with Crippen LogP contribution in [0.2, 0.25) is 0 Å². The third kappa shape index (κ3) is 3.95. The van der Waals surface area contributed by atoms with E-state index in [0.717, 1.165) is 12.8 Å². The molecule has 6 heteroatoms. The number of hydrogen-bond donors (Lipinski definition) is 3. The maximum atomic E-state index is 13.1. The Hall–Kier alpha value is -1.66. The third-order valence-corrected chi connectivity index (χ3v) is 12.3. The van der Waals surface area contributed by atoms with Crippen LogP contribution < -0.4 is 0 Å². The van der Waals surface area contributed by atoms with Gasteiger partial charge in [0, 0.05) is 6.92 Å². The fourth-order valence-corrected chi connectivity index (χ4v) is 10.3. The van der Waals surface area contributed by atoms with Gasteiger partial charge in [-0.05, 0) is 112 Å². The van der Waals surface area contributed by atoms with Gasteiger partial charge >= 0.3 is 11.9 Å². The number of aliphatic hydroxyl groups excluding tert-OH is 2. The van der Waals surface area contributed by atoms with Crippen LogP contribution in [0.15, 0.2) is 22.8 Å². The summed E-state index contributed by atoms with van der Waals surface area (Å²) in [6.07, 6.45) is 5.94. The van der Waals surface area contributed by atoms with Crippen LogP contribution in [0.5, 0.6) is 0 Å². The minimum atomic E-state index is -1.08. The zero-order valence-electron chi connectivity index (χ0n) is 24.8. The molecule has 10 atom stereocenters. The van der Waals surface area contributed by atoms with Gasteiger partial charge in [-0.2, -0.15) is 0 Å². The van der Waals surface area contributed by atoms with Gasteiger partial charge in [-0.15, -0.1) is 0 Å². The molecule has 4 aliphatic carbocycles. The number of carboxylic acids is 1. The molecule has 0 spiro atoms. The monoisotopic (exact) mass is 530 g/mol. The lowest BCUT2D eigenvalue weighted by molar-refractivity contribution is -0.268. The predicted octanol–water partition coefficient (Wildman–Crippen LogP) is 6.06. The van der Waals surface area contributed by atoms with Gasteiger partial charge in [-0.25, -0.2) is 0 Å². The fourth-order valence-electron chi connectivity index (χ4n) is 10.3. The number of allylic oxidation sites excluding steroid dienone is 3. The largest absolute Gasteiger partial charge is 0.481 e. The summed E-state index contributed by atoms with van der Waals surface area (Å²) in [6, 6.07) is 0. The van der Waals surface area contributed by atoms with Crippen LogP contribution in [-0.2, 0) is 14.3 Å². The number of carboxylic acid groups (broad SMARTS) is 1. The molecule has 0 aromatic heterocycles. The highest BCUT2D eigenvalue weighted by Crippen LogP contribution is 2.77. The number of carbonyl (C=O) groups is 2. The molecule has 3 N–H and O–H groups in total. The maximum Gasteiger partial charge on any atom is 0.310 e. The van der Waals surface area contributed by atoms with Crippen molar-refractivity contribution in [3.05, 3.63) is 22.8 Å². The van der Waals surface area contributed by atoms with Crippen LogP contribution in [0.25, 0.3) is 0 Å². The SMILES string of the molecule is CC(=O)O[C@H]1C[C@@]2(C)[C@H](C[C@@H](O)[C@H]3[C@]2(C)CCC2(C(=O)O)[C@H](C)[C@H](O)CC[C@]32C)C1=C(C)CCC=C(C)C. The lowest BCUT2D eigenvalue weighted by atomic mass is 9.32. The summed E-state index contributed by atoms with van der Waals surface area (Å²) in [4.78, 5) is 25.3. The van der Waals surface area contributed by atoms with Crippen molar-refractivity contribution in [2.24, 2.45) is 39.4 Å². The molecule has 38 heavy (non-hydrogen) atoms. The first kappa shape index (κ1) is 29.3. The standard InChI is InChI=1S/C32H50O6/c1-18(2)10-9-11-19(3)26-22-16-24(35)27-29(6,31(22,8)17-25(26)38-21(5)33)14-15-32(28(36)37)20(4)23(34)12-13-30(27,32)7/h10,20,22-25,27,34-35H,9,11-17H2,1-8H3,(H,36,37)/t20-,22-,23-,24-,25+,27+,29+,30-,31+,32?/m1/s1. The lowest BCUT2D eigenvalue weighted by Gasteiger charge is -2.71. The van der Waals surface area contributed by atoms with Gasteiger partial charge in [0.1, 0.15) is 6.10 Å². The number of fused-ring (bicyclic) bond motifs is 5. The van der Waals surface area contributed by atoms with Gasteiger partial charge in [0.2, 0.25) is 0 Å². The Bertz CT molecular complexity index is 1040. The second kappa shape index (κ2) is 9.76. The van der Waals surface area contributed by atoms with E-state index in [1.54, 1.807) is 0 Å². The zero-order chi connectivity index (χ0) is 28.4. The zero-order valence-corrected chi connectivity index (χ0v) is 24.8. The van der Waals surface area contributed by atoms with Gasteiger partial charge in [0.25, 0.3) is 0 Å². The molecule has 4 fully saturated rings. The van der Waals surface area contributed by atoms with Crippen LogP contribution in [0.1, 0.15) is 107 Å². The number of ether oxygens (including phenoxy) is 1. The molecule has 0 amide bonds. The molecule has 214 valence electrons. The molecule has 0 aromatic rings. The average Bonchev–Trinajstić information content (AvgIpc) is 3.08. The average molecular weight is 531 g/mol. The van der Waals surface area contributed by atoms with Crippen molar-refractivity contribution in [1.82, 2.24) is 0 Å². The first-order valence-electron chi connectivity index (χ1n) is 14.7. The Morgan fingerprint density at radius 1 is 0.974 bits per heavy atom. The van der Waals surface area contributed by atoms with Crippen molar-refractivity contribution in [2.75, 3.05) is 0 Å². The first-order chi connectivity index (χ1) is 17.6. The number of rotatable bonds is 5. The second-order valence-electron chi connectivity index (χ2n) is 14.1. The number of aliphatic carboxylic acids is 1. The van der Waals surface area contributed by atoms with Crippen molar-refractivity contribution < 1.29 is 29.6 Å². The molecule has 0 bridgehead atoms. The van der Waals surface area contributed by atoms with E-state index in [4.69, 9.17) is 4.74 Å². The highest BCUT2D eigenvalue weighted by Gasteiger charge is 2.75. The van der Waals surface area contributed by atoms with Gasteiger partial charge in [-0.3, -0.25) is 9.59 Å². The van der Waals surface area contributed by atoms with Crippen molar-refractivity contribution in [3.8, 4) is 0 Å². The summed E-state index contributed by atoms with van der Waals surface area (Å²) in [5.41, 5.74) is 1.38. The molecule has 4 rings (SSSR count).